The molecular formula is C21H20N2O2S2. The number of thiophene rings is 1. The Morgan fingerprint density at radius 3 is 2.48 bits per heavy atom. The van der Waals surface area contributed by atoms with Crippen molar-refractivity contribution in [2.24, 2.45) is 7.05 Å². The number of nitrogens with zero attached hydrogens (tertiary/aromatic N) is 2. The van der Waals surface area contributed by atoms with E-state index < -0.39 is 10.0 Å². The van der Waals surface area contributed by atoms with Crippen LogP contribution in [-0.4, -0.2) is 17.3 Å². The SMILES string of the molecule is Cn1cccc1CN(Cc1cccs1)S(=O)(=O)c1cccc2ccccc12. The quantitative estimate of drug-likeness (QED) is 0.477. The first kappa shape index (κ1) is 18.0. The van der Waals surface area contributed by atoms with Crippen molar-refractivity contribution in [3.8, 4) is 0 Å². The van der Waals surface area contributed by atoms with Crippen LogP contribution in [0.15, 0.2) is 83.2 Å². The monoisotopic (exact) mass is 396 g/mol. The van der Waals surface area contributed by atoms with Crippen LogP contribution in [0.2, 0.25) is 0 Å². The molecule has 2 aromatic heterocycles. The van der Waals surface area contributed by atoms with E-state index >= 15 is 0 Å². The Bertz CT molecular complexity index is 1160. The largest absolute Gasteiger partial charge is 0.353 e. The van der Waals surface area contributed by atoms with E-state index in [1.165, 1.54) is 0 Å². The maximum absolute atomic E-state index is 13.6. The molecule has 0 radical (unpaired) electrons. The van der Waals surface area contributed by atoms with Gasteiger partial charge in [-0.2, -0.15) is 4.31 Å². The molecule has 0 bridgehead atoms. The first-order valence-electron chi connectivity index (χ1n) is 8.66. The molecule has 4 aromatic rings. The van der Waals surface area contributed by atoms with Crippen LogP contribution >= 0.6 is 11.3 Å². The lowest BCUT2D eigenvalue weighted by Gasteiger charge is -2.23. The predicted octanol–water partition coefficient (Wildman–Crippen LogP) is 4.63. The number of aromatic nitrogens is 1. The van der Waals surface area contributed by atoms with Crippen molar-refractivity contribution in [3.63, 3.8) is 0 Å². The van der Waals surface area contributed by atoms with Crippen molar-refractivity contribution in [2.75, 3.05) is 0 Å². The molecule has 2 heterocycles. The molecule has 0 saturated heterocycles. The molecular weight excluding hydrogens is 376 g/mol. The lowest BCUT2D eigenvalue weighted by Crippen LogP contribution is -2.30. The van der Waals surface area contributed by atoms with Gasteiger partial charge in [0, 0.05) is 35.7 Å². The van der Waals surface area contributed by atoms with Gasteiger partial charge in [-0.15, -0.1) is 11.3 Å². The summed E-state index contributed by atoms with van der Waals surface area (Å²) in [7, 11) is -1.74. The summed E-state index contributed by atoms with van der Waals surface area (Å²) in [6.45, 7) is 0.682. The maximum atomic E-state index is 13.6. The lowest BCUT2D eigenvalue weighted by atomic mass is 10.1. The Labute approximate surface area is 163 Å². The number of benzene rings is 2. The number of aryl methyl sites for hydroxylation is 1. The Balaban J connectivity index is 1.80. The smallest absolute Gasteiger partial charge is 0.244 e. The Morgan fingerprint density at radius 1 is 0.926 bits per heavy atom. The van der Waals surface area contributed by atoms with Crippen molar-refractivity contribution in [2.45, 2.75) is 18.0 Å². The highest BCUT2D eigenvalue weighted by atomic mass is 32.2. The molecule has 4 nitrogen and oxygen atoms in total. The first-order valence-corrected chi connectivity index (χ1v) is 11.0. The number of hydrogen-bond donors (Lipinski definition) is 0. The van der Waals surface area contributed by atoms with Crippen molar-refractivity contribution in [1.82, 2.24) is 8.87 Å². The zero-order valence-electron chi connectivity index (χ0n) is 14.9. The maximum Gasteiger partial charge on any atom is 0.244 e. The average molecular weight is 397 g/mol. The van der Waals surface area contributed by atoms with Crippen molar-refractivity contribution in [1.29, 1.82) is 0 Å². The van der Waals surface area contributed by atoms with Crippen molar-refractivity contribution in [3.05, 3.63) is 88.9 Å². The second-order valence-electron chi connectivity index (χ2n) is 6.44. The van der Waals surface area contributed by atoms with Gasteiger partial charge < -0.3 is 4.57 Å². The van der Waals surface area contributed by atoms with Gasteiger partial charge in [0.15, 0.2) is 0 Å². The van der Waals surface area contributed by atoms with Crippen LogP contribution in [0.4, 0.5) is 0 Å². The van der Waals surface area contributed by atoms with E-state index in [9.17, 15) is 8.42 Å². The van der Waals surface area contributed by atoms with Crippen LogP contribution in [0.1, 0.15) is 10.6 Å². The molecule has 138 valence electrons. The highest BCUT2D eigenvalue weighted by molar-refractivity contribution is 7.89. The molecule has 0 N–H and O–H groups in total. The molecule has 2 aromatic carbocycles. The number of rotatable bonds is 6. The zero-order chi connectivity index (χ0) is 18.9. The van der Waals surface area contributed by atoms with E-state index in [0.29, 0.717) is 18.0 Å². The third-order valence-corrected chi connectivity index (χ3v) is 7.38. The summed E-state index contributed by atoms with van der Waals surface area (Å²) in [6.07, 6.45) is 1.93. The molecule has 0 fully saturated rings. The number of sulfonamides is 1. The van der Waals surface area contributed by atoms with Crippen LogP contribution < -0.4 is 0 Å². The summed E-state index contributed by atoms with van der Waals surface area (Å²) < 4.78 is 30.8. The van der Waals surface area contributed by atoms with E-state index in [1.807, 2.05) is 77.8 Å². The minimum Gasteiger partial charge on any atom is -0.353 e. The van der Waals surface area contributed by atoms with Crippen LogP contribution in [0.5, 0.6) is 0 Å². The molecule has 0 aliphatic heterocycles. The highest BCUT2D eigenvalue weighted by Crippen LogP contribution is 2.28. The molecule has 0 amide bonds. The Hall–Kier alpha value is -2.41. The number of fused-ring (bicyclic) bond motifs is 1. The van der Waals surface area contributed by atoms with E-state index in [0.717, 1.165) is 21.3 Å². The van der Waals surface area contributed by atoms with Gasteiger partial charge in [0.25, 0.3) is 0 Å². The molecule has 0 spiro atoms. The Morgan fingerprint density at radius 2 is 1.74 bits per heavy atom. The third-order valence-electron chi connectivity index (χ3n) is 4.67. The fraction of sp³-hybridized carbons (Fsp3) is 0.143. The second kappa shape index (κ2) is 7.31. The van der Waals surface area contributed by atoms with E-state index in [-0.39, 0.29) is 0 Å². The van der Waals surface area contributed by atoms with Crippen LogP contribution in [0, 0.1) is 0 Å². The van der Waals surface area contributed by atoms with Gasteiger partial charge >= 0.3 is 0 Å². The summed E-state index contributed by atoms with van der Waals surface area (Å²) in [5, 5.41) is 3.65. The van der Waals surface area contributed by atoms with Gasteiger partial charge in [0.2, 0.25) is 10.0 Å². The standard InChI is InChI=1S/C21H20N2O2S2/c1-22-13-5-9-18(22)15-23(16-19-10-6-14-26-19)27(24,25)21-12-4-8-17-7-2-3-11-20(17)21/h2-14H,15-16H2,1H3. The molecule has 4 rings (SSSR count). The third kappa shape index (κ3) is 3.56. The summed E-state index contributed by atoms with van der Waals surface area (Å²) in [4.78, 5) is 1.37. The Kier molecular flexibility index (Phi) is 4.86. The van der Waals surface area contributed by atoms with Crippen LogP contribution in [0.25, 0.3) is 10.8 Å². The minimum atomic E-state index is -3.67. The highest BCUT2D eigenvalue weighted by Gasteiger charge is 2.27. The minimum absolute atomic E-state index is 0.326. The summed E-state index contributed by atoms with van der Waals surface area (Å²) in [5.41, 5.74) is 0.954. The average Bonchev–Trinajstić information content (AvgIpc) is 3.33. The fourth-order valence-corrected chi connectivity index (χ4v) is 5.61. The molecule has 27 heavy (non-hydrogen) atoms. The van der Waals surface area contributed by atoms with Gasteiger partial charge in [-0.3, -0.25) is 0 Å². The van der Waals surface area contributed by atoms with E-state index in [2.05, 4.69) is 0 Å². The van der Waals surface area contributed by atoms with Crippen LogP contribution in [-0.2, 0) is 30.2 Å². The van der Waals surface area contributed by atoms with Gasteiger partial charge in [-0.05, 0) is 35.0 Å². The van der Waals surface area contributed by atoms with Gasteiger partial charge in [0.05, 0.1) is 11.4 Å². The summed E-state index contributed by atoms with van der Waals surface area (Å²) >= 11 is 1.57. The predicted molar refractivity (Wildman–Crippen MR) is 110 cm³/mol. The summed E-state index contributed by atoms with van der Waals surface area (Å²) in [6, 6.07) is 20.9. The van der Waals surface area contributed by atoms with Crippen molar-refractivity contribution >= 4 is 32.1 Å². The van der Waals surface area contributed by atoms with Crippen LogP contribution in [0.3, 0.4) is 0 Å². The fourth-order valence-electron chi connectivity index (χ4n) is 3.20. The van der Waals surface area contributed by atoms with Gasteiger partial charge in [-0.1, -0.05) is 42.5 Å². The summed E-state index contributed by atoms with van der Waals surface area (Å²) in [5.74, 6) is 0. The molecule has 6 heteroatoms. The topological polar surface area (TPSA) is 42.3 Å². The zero-order valence-corrected chi connectivity index (χ0v) is 16.6. The molecule has 0 saturated carbocycles. The normalized spacial score (nSPS) is 12.1. The van der Waals surface area contributed by atoms with Gasteiger partial charge in [0.1, 0.15) is 0 Å². The second-order valence-corrected chi connectivity index (χ2v) is 9.38. The first-order chi connectivity index (χ1) is 13.1. The molecule has 0 aliphatic carbocycles. The van der Waals surface area contributed by atoms with E-state index in [4.69, 9.17) is 0 Å². The van der Waals surface area contributed by atoms with Crippen molar-refractivity contribution < 1.29 is 8.42 Å². The van der Waals surface area contributed by atoms with E-state index in [1.54, 1.807) is 27.8 Å². The molecule has 0 aliphatic rings. The lowest BCUT2D eigenvalue weighted by molar-refractivity contribution is 0.396. The van der Waals surface area contributed by atoms with Gasteiger partial charge in [-0.25, -0.2) is 8.42 Å². The number of hydrogen-bond acceptors (Lipinski definition) is 3. The molecule has 0 unspecified atom stereocenters. The molecule has 0 atom stereocenters.